The van der Waals surface area contributed by atoms with Crippen LogP contribution in [0.15, 0.2) is 47.4 Å². The second-order valence-corrected chi connectivity index (χ2v) is 4.24. The van der Waals surface area contributed by atoms with E-state index in [-0.39, 0.29) is 5.82 Å². The Morgan fingerprint density at radius 2 is 1.87 bits per heavy atom. The van der Waals surface area contributed by atoms with E-state index >= 15 is 0 Å². The second kappa shape index (κ2) is 3.28. The van der Waals surface area contributed by atoms with Crippen LogP contribution in [-0.4, -0.2) is 0 Å². The highest BCUT2D eigenvalue weighted by Crippen LogP contribution is 2.41. The summed E-state index contributed by atoms with van der Waals surface area (Å²) in [6.07, 6.45) is 0. The number of nitrogens with one attached hydrogen (secondary N) is 1. The number of hydrogen-bond donors (Lipinski definition) is 1. The molecule has 3 rings (SSSR count). The third-order valence-electron chi connectivity index (χ3n) is 2.43. The van der Waals surface area contributed by atoms with Gasteiger partial charge in [-0.15, -0.1) is 0 Å². The third kappa shape index (κ3) is 1.39. The first-order chi connectivity index (χ1) is 7.34. The van der Waals surface area contributed by atoms with Crippen molar-refractivity contribution in [2.45, 2.75) is 4.90 Å². The molecule has 1 aliphatic rings. The van der Waals surface area contributed by atoms with E-state index in [1.807, 2.05) is 18.2 Å². The van der Waals surface area contributed by atoms with Gasteiger partial charge in [0.2, 0.25) is 0 Å². The minimum Gasteiger partial charge on any atom is -0.325 e. The first-order valence-corrected chi connectivity index (χ1v) is 5.48. The van der Waals surface area contributed by atoms with Crippen molar-refractivity contribution in [1.82, 2.24) is 0 Å². The van der Waals surface area contributed by atoms with Crippen LogP contribution in [0.5, 0.6) is 0 Å². The van der Waals surface area contributed by atoms with Crippen LogP contribution in [0.2, 0.25) is 0 Å². The molecule has 0 fully saturated rings. The van der Waals surface area contributed by atoms with Gasteiger partial charge < -0.3 is 4.72 Å². The summed E-state index contributed by atoms with van der Waals surface area (Å²) in [5, 5.41) is 0. The molecule has 1 N–H and O–H groups in total. The van der Waals surface area contributed by atoms with Gasteiger partial charge in [-0.1, -0.05) is 18.2 Å². The number of halogens is 1. The van der Waals surface area contributed by atoms with E-state index in [0.29, 0.717) is 0 Å². The molecule has 0 saturated carbocycles. The quantitative estimate of drug-likeness (QED) is 0.671. The molecule has 0 aromatic heterocycles. The molecule has 0 atom stereocenters. The Kier molecular flexibility index (Phi) is 1.92. The molecule has 2 aromatic carbocycles. The van der Waals surface area contributed by atoms with Crippen molar-refractivity contribution in [1.29, 1.82) is 0 Å². The van der Waals surface area contributed by atoms with Gasteiger partial charge in [-0.05, 0) is 41.8 Å². The molecule has 74 valence electrons. The van der Waals surface area contributed by atoms with E-state index in [1.54, 1.807) is 0 Å². The van der Waals surface area contributed by atoms with E-state index in [4.69, 9.17) is 0 Å². The van der Waals surface area contributed by atoms with Gasteiger partial charge in [0.1, 0.15) is 5.82 Å². The van der Waals surface area contributed by atoms with Crippen molar-refractivity contribution in [2.75, 3.05) is 4.72 Å². The Balaban J connectivity index is 2.26. The normalized spacial score (nSPS) is 12.6. The molecule has 1 aliphatic heterocycles. The van der Waals surface area contributed by atoms with Crippen LogP contribution in [0, 0.1) is 5.82 Å². The van der Waals surface area contributed by atoms with Gasteiger partial charge in [0, 0.05) is 10.5 Å². The van der Waals surface area contributed by atoms with Crippen LogP contribution < -0.4 is 4.72 Å². The van der Waals surface area contributed by atoms with Gasteiger partial charge in [0.25, 0.3) is 0 Å². The number of fused-ring (bicyclic) bond motifs is 3. The molecular formula is C12H8FNS. The lowest BCUT2D eigenvalue weighted by Crippen LogP contribution is -1.98. The van der Waals surface area contributed by atoms with Crippen molar-refractivity contribution in [2.24, 2.45) is 0 Å². The van der Waals surface area contributed by atoms with Crippen molar-refractivity contribution >= 4 is 17.6 Å². The zero-order valence-corrected chi connectivity index (χ0v) is 8.64. The summed E-state index contributed by atoms with van der Waals surface area (Å²) in [6.45, 7) is 0. The minimum atomic E-state index is -0.207. The maximum Gasteiger partial charge on any atom is 0.125 e. The van der Waals surface area contributed by atoms with Gasteiger partial charge in [-0.25, -0.2) is 4.39 Å². The molecule has 15 heavy (non-hydrogen) atoms. The molecule has 0 unspecified atom stereocenters. The molecular weight excluding hydrogens is 209 g/mol. The number of rotatable bonds is 0. The topological polar surface area (TPSA) is 12.0 Å². The summed E-state index contributed by atoms with van der Waals surface area (Å²) in [5.74, 6) is -0.207. The highest BCUT2D eigenvalue weighted by Gasteiger charge is 2.15. The molecule has 0 radical (unpaired) electrons. The highest BCUT2D eigenvalue weighted by atomic mass is 32.2. The molecule has 0 bridgehead atoms. The molecule has 1 heterocycles. The molecule has 3 heteroatoms. The molecule has 0 saturated heterocycles. The number of anilines is 1. The van der Waals surface area contributed by atoms with Crippen molar-refractivity contribution in [3.63, 3.8) is 0 Å². The van der Waals surface area contributed by atoms with Crippen molar-refractivity contribution in [3.05, 3.63) is 48.3 Å². The largest absolute Gasteiger partial charge is 0.325 e. The Labute approximate surface area is 91.5 Å². The maximum atomic E-state index is 13.0. The lowest BCUT2D eigenvalue weighted by Gasteiger charge is -2.19. The number of benzene rings is 2. The molecule has 0 aliphatic carbocycles. The first kappa shape index (κ1) is 8.80. The molecule has 2 aromatic rings. The van der Waals surface area contributed by atoms with Crippen LogP contribution in [0.25, 0.3) is 11.1 Å². The van der Waals surface area contributed by atoms with Crippen LogP contribution in [0.3, 0.4) is 0 Å². The van der Waals surface area contributed by atoms with Crippen LogP contribution >= 0.6 is 11.9 Å². The summed E-state index contributed by atoms with van der Waals surface area (Å²) >= 11 is 1.52. The van der Waals surface area contributed by atoms with Crippen LogP contribution in [0.1, 0.15) is 0 Å². The lowest BCUT2D eigenvalue weighted by atomic mass is 10.0. The van der Waals surface area contributed by atoms with E-state index in [2.05, 4.69) is 16.9 Å². The fourth-order valence-electron chi connectivity index (χ4n) is 1.72. The maximum absolute atomic E-state index is 13.0. The van der Waals surface area contributed by atoms with Gasteiger partial charge in [-0.2, -0.15) is 0 Å². The second-order valence-electron chi connectivity index (χ2n) is 3.39. The zero-order chi connectivity index (χ0) is 10.3. The summed E-state index contributed by atoms with van der Waals surface area (Å²) in [6, 6.07) is 12.9. The lowest BCUT2D eigenvalue weighted by molar-refractivity contribution is 0.628. The molecule has 1 nitrogen and oxygen atoms in total. The third-order valence-corrected chi connectivity index (χ3v) is 3.33. The summed E-state index contributed by atoms with van der Waals surface area (Å²) < 4.78 is 16.2. The fourth-order valence-corrected chi connectivity index (χ4v) is 2.55. The van der Waals surface area contributed by atoms with Crippen LogP contribution in [0.4, 0.5) is 10.1 Å². The minimum absolute atomic E-state index is 0.207. The van der Waals surface area contributed by atoms with Crippen molar-refractivity contribution < 1.29 is 4.39 Å². The zero-order valence-electron chi connectivity index (χ0n) is 7.83. The summed E-state index contributed by atoms with van der Waals surface area (Å²) in [5.41, 5.74) is 3.07. The SMILES string of the molecule is Fc1ccc2c(c1)NSc1ccccc1-2. The Morgan fingerprint density at radius 3 is 2.80 bits per heavy atom. The monoisotopic (exact) mass is 217 g/mol. The predicted octanol–water partition coefficient (Wildman–Crippen LogP) is 3.93. The van der Waals surface area contributed by atoms with E-state index < -0.39 is 0 Å². The molecule has 0 spiro atoms. The van der Waals surface area contributed by atoms with Crippen LogP contribution in [-0.2, 0) is 0 Å². The highest BCUT2D eigenvalue weighted by molar-refractivity contribution is 8.00. The summed E-state index contributed by atoms with van der Waals surface area (Å²) in [4.78, 5) is 1.18. The first-order valence-electron chi connectivity index (χ1n) is 4.66. The van der Waals surface area contributed by atoms with Gasteiger partial charge in [0.05, 0.1) is 5.69 Å². The van der Waals surface area contributed by atoms with Crippen molar-refractivity contribution in [3.8, 4) is 11.1 Å². The van der Waals surface area contributed by atoms with E-state index in [1.165, 1.54) is 29.0 Å². The number of hydrogen-bond acceptors (Lipinski definition) is 2. The van der Waals surface area contributed by atoms with E-state index in [9.17, 15) is 4.39 Å². The predicted molar refractivity (Wildman–Crippen MR) is 61.3 cm³/mol. The average Bonchev–Trinajstić information content (AvgIpc) is 2.28. The Bertz CT molecular complexity index is 525. The van der Waals surface area contributed by atoms with Gasteiger partial charge >= 0.3 is 0 Å². The average molecular weight is 217 g/mol. The smallest absolute Gasteiger partial charge is 0.125 e. The molecule has 0 amide bonds. The van der Waals surface area contributed by atoms with Gasteiger partial charge in [-0.3, -0.25) is 0 Å². The fraction of sp³-hybridized carbons (Fsp3) is 0. The standard InChI is InChI=1S/C12H8FNS/c13-8-5-6-9-10-3-1-2-4-12(10)15-14-11(9)7-8/h1-7,14H. The van der Waals surface area contributed by atoms with Gasteiger partial charge in [0.15, 0.2) is 0 Å². The Hall–Kier alpha value is -1.48. The Morgan fingerprint density at radius 1 is 1.00 bits per heavy atom. The summed E-state index contributed by atoms with van der Waals surface area (Å²) in [7, 11) is 0. The van der Waals surface area contributed by atoms with E-state index in [0.717, 1.165) is 16.8 Å².